The van der Waals surface area contributed by atoms with Crippen molar-refractivity contribution < 1.29 is 19.4 Å². The molecule has 0 aromatic heterocycles. The normalized spacial score (nSPS) is 16.2. The summed E-state index contributed by atoms with van der Waals surface area (Å²) in [5, 5.41) is 9.51. The van der Waals surface area contributed by atoms with Gasteiger partial charge in [-0.15, -0.1) is 0 Å². The largest absolute Gasteiger partial charge is 0.483 e. The lowest BCUT2D eigenvalue weighted by molar-refractivity contribution is -0.152. The first kappa shape index (κ1) is 17.0. The Balaban J connectivity index is 1.74. The number of hydrogen-bond donors (Lipinski definition) is 1. The molecular weight excluding hydrogens is 318 g/mol. The lowest BCUT2D eigenvalue weighted by Gasteiger charge is -2.34. The van der Waals surface area contributed by atoms with Gasteiger partial charge in [-0.1, -0.05) is 42.0 Å². The molecule has 1 aliphatic rings. The van der Waals surface area contributed by atoms with E-state index in [0.717, 1.165) is 22.3 Å². The number of nitrogens with zero attached hydrogens (tertiary/aromatic N) is 1. The van der Waals surface area contributed by atoms with Crippen molar-refractivity contribution in [3.63, 3.8) is 0 Å². The molecule has 5 nitrogen and oxygen atoms in total. The van der Waals surface area contributed by atoms with Gasteiger partial charge in [-0.25, -0.2) is 4.79 Å². The van der Waals surface area contributed by atoms with E-state index in [1.165, 1.54) is 4.90 Å². The van der Waals surface area contributed by atoms with Crippen LogP contribution >= 0.6 is 0 Å². The van der Waals surface area contributed by atoms with Crippen LogP contribution < -0.4 is 4.74 Å². The molecule has 3 rings (SSSR count). The summed E-state index contributed by atoms with van der Waals surface area (Å²) in [7, 11) is 0. The van der Waals surface area contributed by atoms with E-state index in [-0.39, 0.29) is 12.5 Å². The van der Waals surface area contributed by atoms with Crippen LogP contribution in [0.2, 0.25) is 0 Å². The van der Waals surface area contributed by atoms with Crippen molar-refractivity contribution in [2.45, 2.75) is 32.9 Å². The van der Waals surface area contributed by atoms with Gasteiger partial charge in [0, 0.05) is 13.0 Å². The van der Waals surface area contributed by atoms with Crippen LogP contribution in [0.25, 0.3) is 0 Å². The predicted molar refractivity (Wildman–Crippen MR) is 93.5 cm³/mol. The average molecular weight is 339 g/mol. The van der Waals surface area contributed by atoms with E-state index in [0.29, 0.717) is 18.7 Å². The summed E-state index contributed by atoms with van der Waals surface area (Å²) in [6.45, 7) is 4.03. The van der Waals surface area contributed by atoms with Gasteiger partial charge in [0.15, 0.2) is 6.61 Å². The molecule has 1 amide bonds. The Kier molecular flexibility index (Phi) is 4.74. The lowest BCUT2D eigenvalue weighted by Crippen LogP contribution is -2.50. The van der Waals surface area contributed by atoms with Crippen LogP contribution in [0.1, 0.15) is 22.3 Å². The maximum Gasteiger partial charge on any atom is 0.326 e. The van der Waals surface area contributed by atoms with E-state index in [4.69, 9.17) is 4.74 Å². The summed E-state index contributed by atoms with van der Waals surface area (Å²) >= 11 is 0. The van der Waals surface area contributed by atoms with Gasteiger partial charge in [-0.05, 0) is 36.6 Å². The maximum atomic E-state index is 12.6. The highest BCUT2D eigenvalue weighted by molar-refractivity contribution is 5.85. The smallest absolute Gasteiger partial charge is 0.326 e. The van der Waals surface area contributed by atoms with E-state index in [2.05, 4.69) is 0 Å². The number of carbonyl (C=O) groups excluding carboxylic acids is 1. The Morgan fingerprint density at radius 2 is 1.88 bits per heavy atom. The van der Waals surface area contributed by atoms with E-state index in [1.807, 2.05) is 56.3 Å². The SMILES string of the molecule is Cc1ccc(OCC(=O)N2Cc3ccccc3CC2C(=O)O)c(C)c1. The Morgan fingerprint density at radius 1 is 1.16 bits per heavy atom. The van der Waals surface area contributed by atoms with Crippen LogP contribution in [-0.2, 0) is 22.6 Å². The summed E-state index contributed by atoms with van der Waals surface area (Å²) in [6, 6.07) is 12.5. The first-order valence-electron chi connectivity index (χ1n) is 8.25. The third kappa shape index (κ3) is 3.65. The standard InChI is InChI=1S/C20H21NO4/c1-13-7-8-18(14(2)9-13)25-12-19(22)21-11-16-6-4-3-5-15(16)10-17(21)20(23)24/h3-9,17H,10-12H2,1-2H3,(H,23,24). The molecule has 2 aromatic carbocycles. The van der Waals surface area contributed by atoms with E-state index in [1.54, 1.807) is 0 Å². The number of ether oxygens (including phenoxy) is 1. The fourth-order valence-corrected chi connectivity index (χ4v) is 3.19. The summed E-state index contributed by atoms with van der Waals surface area (Å²) in [5.74, 6) is -0.667. The van der Waals surface area contributed by atoms with Crippen molar-refractivity contribution in [2.24, 2.45) is 0 Å². The zero-order valence-corrected chi connectivity index (χ0v) is 14.4. The van der Waals surface area contributed by atoms with Crippen LogP contribution in [0.4, 0.5) is 0 Å². The topological polar surface area (TPSA) is 66.8 Å². The first-order chi connectivity index (χ1) is 12.0. The molecule has 1 unspecified atom stereocenters. The van der Waals surface area contributed by atoms with Crippen molar-refractivity contribution in [3.05, 3.63) is 64.7 Å². The maximum absolute atomic E-state index is 12.6. The monoisotopic (exact) mass is 339 g/mol. The van der Waals surface area contributed by atoms with Gasteiger partial charge in [0.1, 0.15) is 11.8 Å². The number of benzene rings is 2. The summed E-state index contributed by atoms with van der Waals surface area (Å²) < 4.78 is 5.64. The number of hydrogen-bond acceptors (Lipinski definition) is 3. The Bertz CT molecular complexity index is 815. The quantitative estimate of drug-likeness (QED) is 0.930. The molecule has 25 heavy (non-hydrogen) atoms. The fraction of sp³-hybridized carbons (Fsp3) is 0.300. The Labute approximate surface area is 146 Å². The van der Waals surface area contributed by atoms with Crippen LogP contribution in [0.3, 0.4) is 0 Å². The zero-order chi connectivity index (χ0) is 18.0. The van der Waals surface area contributed by atoms with E-state index >= 15 is 0 Å². The molecule has 1 atom stereocenters. The Hall–Kier alpha value is -2.82. The van der Waals surface area contributed by atoms with Crippen LogP contribution in [0.15, 0.2) is 42.5 Å². The molecule has 0 saturated heterocycles. The van der Waals surface area contributed by atoms with Crippen LogP contribution in [0, 0.1) is 13.8 Å². The summed E-state index contributed by atoms with van der Waals surface area (Å²) in [6.07, 6.45) is 0.320. The molecule has 0 radical (unpaired) electrons. The van der Waals surface area contributed by atoms with Crippen molar-refractivity contribution >= 4 is 11.9 Å². The Morgan fingerprint density at radius 3 is 2.56 bits per heavy atom. The highest BCUT2D eigenvalue weighted by atomic mass is 16.5. The number of fused-ring (bicyclic) bond motifs is 1. The van der Waals surface area contributed by atoms with Gasteiger partial charge in [0.2, 0.25) is 0 Å². The number of carbonyl (C=O) groups is 2. The second kappa shape index (κ2) is 6.97. The van der Waals surface area contributed by atoms with Crippen molar-refractivity contribution in [2.75, 3.05) is 6.61 Å². The highest BCUT2D eigenvalue weighted by Gasteiger charge is 2.34. The van der Waals surface area contributed by atoms with Crippen LogP contribution in [-0.4, -0.2) is 34.5 Å². The molecule has 0 spiro atoms. The van der Waals surface area contributed by atoms with E-state index in [9.17, 15) is 14.7 Å². The number of rotatable bonds is 4. The predicted octanol–water partition coefficient (Wildman–Crippen LogP) is 2.72. The molecule has 0 fully saturated rings. The molecule has 130 valence electrons. The number of aryl methyl sites for hydroxylation is 2. The highest BCUT2D eigenvalue weighted by Crippen LogP contribution is 2.24. The molecule has 1 heterocycles. The third-order valence-corrected chi connectivity index (χ3v) is 4.54. The lowest BCUT2D eigenvalue weighted by atomic mass is 9.94. The minimum atomic E-state index is -0.991. The zero-order valence-electron chi connectivity index (χ0n) is 14.4. The van der Waals surface area contributed by atoms with Gasteiger partial charge in [-0.2, -0.15) is 0 Å². The first-order valence-corrected chi connectivity index (χ1v) is 8.25. The second-order valence-corrected chi connectivity index (χ2v) is 6.41. The molecule has 1 aliphatic heterocycles. The molecular formula is C20H21NO4. The van der Waals surface area contributed by atoms with Crippen molar-refractivity contribution in [1.82, 2.24) is 4.90 Å². The van der Waals surface area contributed by atoms with Gasteiger partial charge in [-0.3, -0.25) is 4.79 Å². The molecule has 0 aliphatic carbocycles. The summed E-state index contributed by atoms with van der Waals surface area (Å²) in [4.78, 5) is 25.6. The molecule has 2 aromatic rings. The minimum absolute atomic E-state index is 0.171. The third-order valence-electron chi connectivity index (χ3n) is 4.54. The number of amides is 1. The molecule has 0 saturated carbocycles. The number of carboxylic acid groups (broad SMARTS) is 1. The van der Waals surface area contributed by atoms with Crippen molar-refractivity contribution in [1.29, 1.82) is 0 Å². The molecule has 0 bridgehead atoms. The van der Waals surface area contributed by atoms with Gasteiger partial charge >= 0.3 is 5.97 Å². The van der Waals surface area contributed by atoms with Crippen molar-refractivity contribution in [3.8, 4) is 5.75 Å². The fourth-order valence-electron chi connectivity index (χ4n) is 3.19. The molecule has 1 N–H and O–H groups in total. The number of carboxylic acids is 1. The van der Waals surface area contributed by atoms with Gasteiger partial charge in [0.25, 0.3) is 5.91 Å². The second-order valence-electron chi connectivity index (χ2n) is 6.41. The number of aliphatic carboxylic acids is 1. The van der Waals surface area contributed by atoms with Gasteiger partial charge in [0.05, 0.1) is 0 Å². The summed E-state index contributed by atoms with van der Waals surface area (Å²) in [5.41, 5.74) is 4.04. The minimum Gasteiger partial charge on any atom is -0.483 e. The van der Waals surface area contributed by atoms with E-state index < -0.39 is 12.0 Å². The van der Waals surface area contributed by atoms with Crippen LogP contribution in [0.5, 0.6) is 5.75 Å². The molecule has 5 heteroatoms. The van der Waals surface area contributed by atoms with Gasteiger partial charge < -0.3 is 14.7 Å². The average Bonchev–Trinajstić information content (AvgIpc) is 2.59.